The fourth-order valence-corrected chi connectivity index (χ4v) is 4.55. The second kappa shape index (κ2) is 11.4. The van der Waals surface area contributed by atoms with Gasteiger partial charge >= 0.3 is 0 Å². The number of aromatic nitrogens is 3. The van der Waals surface area contributed by atoms with Crippen LogP contribution in [0.3, 0.4) is 0 Å². The summed E-state index contributed by atoms with van der Waals surface area (Å²) < 4.78 is 7.01. The number of morpholine rings is 1. The normalized spacial score (nSPS) is 14.3. The molecule has 196 valence electrons. The Morgan fingerprint density at radius 3 is 2.45 bits per heavy atom. The number of aryl methyl sites for hydroxylation is 1. The molecule has 0 saturated carbocycles. The number of anilines is 2. The predicted octanol–water partition coefficient (Wildman–Crippen LogP) is 3.63. The lowest BCUT2D eigenvalue weighted by Crippen LogP contribution is -2.46. The first-order valence-corrected chi connectivity index (χ1v) is 12.8. The van der Waals surface area contributed by atoms with Crippen molar-refractivity contribution in [2.75, 3.05) is 36.5 Å². The number of para-hydroxylation sites is 1. The van der Waals surface area contributed by atoms with E-state index in [-0.39, 0.29) is 18.4 Å². The van der Waals surface area contributed by atoms with E-state index in [0.717, 1.165) is 40.9 Å². The summed E-state index contributed by atoms with van der Waals surface area (Å²) in [6.07, 6.45) is 0. The van der Waals surface area contributed by atoms with Crippen molar-refractivity contribution in [1.82, 2.24) is 19.9 Å². The van der Waals surface area contributed by atoms with Gasteiger partial charge in [-0.25, -0.2) is 4.68 Å². The van der Waals surface area contributed by atoms with E-state index in [1.807, 2.05) is 79.7 Å². The van der Waals surface area contributed by atoms with Crippen LogP contribution in [0.15, 0.2) is 72.8 Å². The molecule has 5 rings (SSSR count). The highest BCUT2D eigenvalue weighted by Crippen LogP contribution is 2.20. The highest BCUT2D eigenvalue weighted by Gasteiger charge is 2.27. The van der Waals surface area contributed by atoms with E-state index in [9.17, 15) is 9.59 Å². The first-order chi connectivity index (χ1) is 18.5. The number of hydrogen-bond donors (Lipinski definition) is 1. The molecule has 1 unspecified atom stereocenters. The molecule has 1 fully saturated rings. The van der Waals surface area contributed by atoms with Crippen LogP contribution in [-0.4, -0.2) is 64.1 Å². The maximum absolute atomic E-state index is 13.6. The van der Waals surface area contributed by atoms with Crippen molar-refractivity contribution in [1.29, 1.82) is 0 Å². The van der Waals surface area contributed by atoms with Gasteiger partial charge in [-0.1, -0.05) is 47.2 Å². The Morgan fingerprint density at radius 2 is 1.71 bits per heavy atom. The summed E-state index contributed by atoms with van der Waals surface area (Å²) in [7, 11) is 0. The Bertz CT molecular complexity index is 1390. The number of ether oxygens (including phenoxy) is 1. The predicted molar refractivity (Wildman–Crippen MR) is 147 cm³/mol. The van der Waals surface area contributed by atoms with Gasteiger partial charge in [-0.2, -0.15) is 0 Å². The van der Waals surface area contributed by atoms with Crippen LogP contribution in [0, 0.1) is 6.92 Å². The van der Waals surface area contributed by atoms with E-state index < -0.39 is 6.04 Å². The Hall–Kier alpha value is -4.24. The summed E-state index contributed by atoms with van der Waals surface area (Å²) in [5.41, 5.74) is 5.35. The van der Waals surface area contributed by atoms with Crippen molar-refractivity contribution < 1.29 is 14.3 Å². The molecule has 3 aromatic carbocycles. The average molecular weight is 513 g/mol. The molecule has 2 amide bonds. The Labute approximate surface area is 222 Å². The average Bonchev–Trinajstić information content (AvgIpc) is 3.36. The molecule has 1 atom stereocenters. The maximum Gasteiger partial charge on any atom is 0.246 e. The first-order valence-electron chi connectivity index (χ1n) is 12.8. The number of carbonyl (C=O) groups is 2. The fourth-order valence-electron chi connectivity index (χ4n) is 4.55. The standard InChI is InChI=1S/C29H32N6O3/c1-21-7-9-23(10-8-21)19-34(28(36)20-35-27-6-4-3-5-26(27)31-32-35)22(2)29(37)30-24-11-13-25(14-12-24)33-15-17-38-18-16-33/h3-14,22H,15-20H2,1-2H3,(H,30,37). The molecule has 9 heteroatoms. The second-order valence-electron chi connectivity index (χ2n) is 9.55. The van der Waals surface area contributed by atoms with Gasteiger partial charge in [0.15, 0.2) is 0 Å². The number of nitrogens with one attached hydrogen (secondary N) is 1. The van der Waals surface area contributed by atoms with E-state index >= 15 is 0 Å². The Balaban J connectivity index is 1.32. The van der Waals surface area contributed by atoms with E-state index in [0.29, 0.717) is 25.4 Å². The molecule has 0 spiro atoms. The second-order valence-corrected chi connectivity index (χ2v) is 9.55. The molecule has 1 aliphatic rings. The Morgan fingerprint density at radius 1 is 1.00 bits per heavy atom. The molecule has 0 radical (unpaired) electrons. The number of carbonyl (C=O) groups excluding carboxylic acids is 2. The molecule has 38 heavy (non-hydrogen) atoms. The van der Waals surface area contributed by atoms with E-state index in [1.54, 1.807) is 16.5 Å². The van der Waals surface area contributed by atoms with Crippen LogP contribution in [0.2, 0.25) is 0 Å². The third kappa shape index (κ3) is 5.84. The highest BCUT2D eigenvalue weighted by molar-refractivity contribution is 5.97. The molecule has 0 aliphatic carbocycles. The fraction of sp³-hybridized carbons (Fsp3) is 0.310. The van der Waals surface area contributed by atoms with Gasteiger partial charge < -0.3 is 19.9 Å². The minimum Gasteiger partial charge on any atom is -0.378 e. The van der Waals surface area contributed by atoms with Crippen molar-refractivity contribution in [3.05, 3.63) is 83.9 Å². The van der Waals surface area contributed by atoms with Crippen LogP contribution in [0.25, 0.3) is 11.0 Å². The SMILES string of the molecule is Cc1ccc(CN(C(=O)Cn2nnc3ccccc32)C(C)C(=O)Nc2ccc(N3CCOCC3)cc2)cc1. The number of benzene rings is 3. The molecule has 9 nitrogen and oxygen atoms in total. The van der Waals surface area contributed by atoms with E-state index in [4.69, 9.17) is 4.74 Å². The van der Waals surface area contributed by atoms with Gasteiger partial charge in [0, 0.05) is 31.0 Å². The van der Waals surface area contributed by atoms with Crippen LogP contribution < -0.4 is 10.2 Å². The number of rotatable bonds is 8. The molecule has 0 bridgehead atoms. The number of amides is 2. The first kappa shape index (κ1) is 25.4. The maximum atomic E-state index is 13.6. The zero-order valence-electron chi connectivity index (χ0n) is 21.7. The van der Waals surface area contributed by atoms with E-state index in [1.165, 1.54) is 0 Å². The van der Waals surface area contributed by atoms with Gasteiger partial charge in [-0.15, -0.1) is 5.10 Å². The summed E-state index contributed by atoms with van der Waals surface area (Å²) in [6, 6.07) is 22.5. The Kier molecular flexibility index (Phi) is 7.65. The summed E-state index contributed by atoms with van der Waals surface area (Å²) in [6.45, 7) is 7.18. The number of hydrogen-bond acceptors (Lipinski definition) is 6. The lowest BCUT2D eigenvalue weighted by Gasteiger charge is -2.29. The largest absolute Gasteiger partial charge is 0.378 e. The van der Waals surface area contributed by atoms with Gasteiger partial charge in [-0.05, 0) is 55.8 Å². The van der Waals surface area contributed by atoms with Gasteiger partial charge in [0.1, 0.15) is 18.1 Å². The summed E-state index contributed by atoms with van der Waals surface area (Å²) in [5.74, 6) is -0.473. The third-order valence-electron chi connectivity index (χ3n) is 6.86. The van der Waals surface area contributed by atoms with Gasteiger partial charge in [0.2, 0.25) is 11.8 Å². The molecule has 2 heterocycles. The topological polar surface area (TPSA) is 92.6 Å². The third-order valence-corrected chi connectivity index (χ3v) is 6.86. The summed E-state index contributed by atoms with van der Waals surface area (Å²) in [4.78, 5) is 30.8. The summed E-state index contributed by atoms with van der Waals surface area (Å²) >= 11 is 0. The molecule has 1 aromatic heterocycles. The van der Waals surface area contributed by atoms with Gasteiger partial charge in [0.25, 0.3) is 0 Å². The molecule has 4 aromatic rings. The molecular formula is C29H32N6O3. The highest BCUT2D eigenvalue weighted by atomic mass is 16.5. The van der Waals surface area contributed by atoms with Crippen LogP contribution in [-0.2, 0) is 27.4 Å². The molecular weight excluding hydrogens is 480 g/mol. The van der Waals surface area contributed by atoms with Crippen molar-refractivity contribution in [2.24, 2.45) is 0 Å². The van der Waals surface area contributed by atoms with Crippen molar-refractivity contribution in [3.63, 3.8) is 0 Å². The minimum atomic E-state index is -0.711. The number of nitrogens with zero attached hydrogens (tertiary/aromatic N) is 5. The summed E-state index contributed by atoms with van der Waals surface area (Å²) in [5, 5.41) is 11.3. The van der Waals surface area contributed by atoms with Crippen LogP contribution >= 0.6 is 0 Å². The lowest BCUT2D eigenvalue weighted by atomic mass is 10.1. The van der Waals surface area contributed by atoms with Gasteiger partial charge in [-0.3, -0.25) is 9.59 Å². The number of fused-ring (bicyclic) bond motifs is 1. The van der Waals surface area contributed by atoms with Crippen molar-refractivity contribution >= 4 is 34.2 Å². The zero-order chi connectivity index (χ0) is 26.5. The smallest absolute Gasteiger partial charge is 0.246 e. The monoisotopic (exact) mass is 512 g/mol. The van der Waals surface area contributed by atoms with Crippen molar-refractivity contribution in [3.8, 4) is 0 Å². The van der Waals surface area contributed by atoms with Crippen LogP contribution in [0.4, 0.5) is 11.4 Å². The van der Waals surface area contributed by atoms with E-state index in [2.05, 4.69) is 20.5 Å². The van der Waals surface area contributed by atoms with Crippen molar-refractivity contribution in [2.45, 2.75) is 33.0 Å². The quantitative estimate of drug-likeness (QED) is 0.388. The van der Waals surface area contributed by atoms with Gasteiger partial charge in [0.05, 0.1) is 18.7 Å². The zero-order valence-corrected chi connectivity index (χ0v) is 21.7. The minimum absolute atomic E-state index is 0.0156. The molecule has 1 saturated heterocycles. The van der Waals surface area contributed by atoms with Crippen LogP contribution in [0.5, 0.6) is 0 Å². The molecule has 1 aliphatic heterocycles. The molecule has 1 N–H and O–H groups in total. The van der Waals surface area contributed by atoms with Crippen LogP contribution in [0.1, 0.15) is 18.1 Å². The lowest BCUT2D eigenvalue weighted by molar-refractivity contribution is -0.139.